The summed E-state index contributed by atoms with van der Waals surface area (Å²) >= 11 is 6.09. The van der Waals surface area contributed by atoms with Crippen LogP contribution in [-0.2, 0) is 16.2 Å². The summed E-state index contributed by atoms with van der Waals surface area (Å²) in [5.74, 6) is -1.20. The number of hydrogen-bond acceptors (Lipinski definition) is 4. The van der Waals surface area contributed by atoms with Gasteiger partial charge in [-0.25, -0.2) is 0 Å². The average Bonchev–Trinajstić information content (AvgIpc) is 3.13. The minimum Gasteiger partial charge on any atom is -0.872 e. The Bertz CT molecular complexity index is 1300. The zero-order valence-corrected chi connectivity index (χ0v) is 22.0. The van der Waals surface area contributed by atoms with Crippen molar-refractivity contribution < 1.29 is 24.3 Å². The lowest BCUT2D eigenvalue weighted by atomic mass is 9.94. The van der Waals surface area contributed by atoms with Crippen LogP contribution in [0.25, 0.3) is 5.76 Å². The van der Waals surface area contributed by atoms with Crippen molar-refractivity contribution in [3.8, 4) is 5.75 Å². The van der Waals surface area contributed by atoms with Gasteiger partial charge in [0.2, 0.25) is 5.78 Å². The van der Waals surface area contributed by atoms with Crippen molar-refractivity contribution in [2.45, 2.75) is 26.0 Å². The zero-order chi connectivity index (χ0) is 26.5. The number of halogens is 1. The van der Waals surface area contributed by atoms with Crippen LogP contribution in [0.4, 0.5) is 0 Å². The second-order valence-corrected chi connectivity index (χ2v) is 10.0. The summed E-state index contributed by atoms with van der Waals surface area (Å²) in [6.45, 7) is 3.42. The van der Waals surface area contributed by atoms with Crippen LogP contribution in [0, 0.1) is 6.92 Å². The maximum Gasteiger partial charge on any atom is 0.295 e. The monoisotopic (exact) mass is 518 g/mol. The summed E-state index contributed by atoms with van der Waals surface area (Å²) in [5, 5.41) is 14.3. The van der Waals surface area contributed by atoms with E-state index in [2.05, 4.69) is 0 Å². The normalized spacial score (nSPS) is 17.0. The smallest absolute Gasteiger partial charge is 0.295 e. The summed E-state index contributed by atoms with van der Waals surface area (Å²) in [6, 6.07) is 21.2. The molecule has 3 aromatic rings. The van der Waals surface area contributed by atoms with Gasteiger partial charge in [-0.2, -0.15) is 0 Å². The largest absolute Gasteiger partial charge is 0.872 e. The highest BCUT2D eigenvalue weighted by atomic mass is 35.5. The second-order valence-electron chi connectivity index (χ2n) is 9.59. The lowest BCUT2D eigenvalue weighted by Gasteiger charge is -2.28. The SMILES string of the molecule is Cc1cc(OCc2ccccc2)ccc1C([O-])=C1C(=O)C(=O)N(CCC[NH+](C)C)C1c1ccc(Cl)cc1. The Kier molecular flexibility index (Phi) is 8.31. The topological polar surface area (TPSA) is 74.1 Å². The van der Waals surface area contributed by atoms with Crippen LogP contribution in [0.2, 0.25) is 5.02 Å². The number of Topliss-reactive ketones (excluding diaryl/α,β-unsaturated/α-hetero) is 1. The Morgan fingerprint density at radius 2 is 1.73 bits per heavy atom. The molecule has 0 aromatic heterocycles. The molecule has 7 heteroatoms. The molecule has 1 saturated heterocycles. The molecule has 37 heavy (non-hydrogen) atoms. The van der Waals surface area contributed by atoms with Gasteiger partial charge in [-0.3, -0.25) is 9.59 Å². The van der Waals surface area contributed by atoms with Crippen molar-refractivity contribution in [2.24, 2.45) is 0 Å². The highest BCUT2D eigenvalue weighted by molar-refractivity contribution is 6.46. The fourth-order valence-electron chi connectivity index (χ4n) is 4.56. The fourth-order valence-corrected chi connectivity index (χ4v) is 4.69. The molecule has 1 aliphatic rings. The molecule has 0 bridgehead atoms. The Hall–Kier alpha value is -3.61. The third-order valence-electron chi connectivity index (χ3n) is 6.48. The van der Waals surface area contributed by atoms with Gasteiger partial charge < -0.3 is 19.6 Å². The number of carbonyl (C=O) groups excluding carboxylic acids is 2. The molecule has 3 aromatic carbocycles. The van der Waals surface area contributed by atoms with E-state index >= 15 is 0 Å². The van der Waals surface area contributed by atoms with E-state index < -0.39 is 23.5 Å². The van der Waals surface area contributed by atoms with Crippen LogP contribution in [0.3, 0.4) is 0 Å². The Balaban J connectivity index is 1.68. The molecule has 6 nitrogen and oxygen atoms in total. The van der Waals surface area contributed by atoms with Crippen LogP contribution in [0.5, 0.6) is 5.75 Å². The summed E-state index contributed by atoms with van der Waals surface area (Å²) in [6.07, 6.45) is 0.708. The van der Waals surface area contributed by atoms with Crippen molar-refractivity contribution in [1.82, 2.24) is 4.90 Å². The molecule has 1 unspecified atom stereocenters. The third kappa shape index (κ3) is 6.04. The number of hydrogen-bond donors (Lipinski definition) is 1. The fraction of sp³-hybridized carbons (Fsp3) is 0.267. The number of ether oxygens (including phenoxy) is 1. The molecular weight excluding hydrogens is 488 g/mol. The summed E-state index contributed by atoms with van der Waals surface area (Å²) in [7, 11) is 4.06. The Morgan fingerprint density at radius 3 is 2.38 bits per heavy atom. The van der Waals surface area contributed by atoms with Crippen molar-refractivity contribution in [3.63, 3.8) is 0 Å². The Morgan fingerprint density at radius 1 is 1.03 bits per heavy atom. The second kappa shape index (κ2) is 11.6. The number of benzene rings is 3. The molecule has 1 aliphatic heterocycles. The van der Waals surface area contributed by atoms with Gasteiger partial charge in [0.15, 0.2) is 0 Å². The number of nitrogens with one attached hydrogen (secondary N) is 1. The first-order valence-corrected chi connectivity index (χ1v) is 12.7. The van der Waals surface area contributed by atoms with Crippen LogP contribution < -0.4 is 14.7 Å². The lowest BCUT2D eigenvalue weighted by Crippen LogP contribution is -3.05. The number of likely N-dealkylation sites (tertiary alicyclic amines) is 1. The Labute approximate surface area is 222 Å². The first kappa shape index (κ1) is 26.5. The predicted molar refractivity (Wildman–Crippen MR) is 142 cm³/mol. The third-order valence-corrected chi connectivity index (χ3v) is 6.73. The molecule has 1 heterocycles. The summed E-state index contributed by atoms with van der Waals surface area (Å²) in [5.41, 5.74) is 2.75. The number of amides is 1. The van der Waals surface area contributed by atoms with Gasteiger partial charge in [0.1, 0.15) is 12.4 Å². The first-order chi connectivity index (χ1) is 17.8. The molecular formula is C30H31ClN2O4. The van der Waals surface area contributed by atoms with E-state index in [1.165, 1.54) is 9.80 Å². The lowest BCUT2D eigenvalue weighted by molar-refractivity contribution is -0.858. The van der Waals surface area contributed by atoms with E-state index in [1.807, 2.05) is 44.4 Å². The predicted octanol–water partition coefficient (Wildman–Crippen LogP) is 2.99. The number of rotatable bonds is 9. The van der Waals surface area contributed by atoms with Crippen molar-refractivity contribution >= 4 is 29.1 Å². The van der Waals surface area contributed by atoms with Crippen molar-refractivity contribution in [3.05, 3.63) is 106 Å². The van der Waals surface area contributed by atoms with Crippen molar-refractivity contribution in [1.29, 1.82) is 0 Å². The quantitative estimate of drug-likeness (QED) is 0.268. The number of carbonyl (C=O) groups is 2. The van der Waals surface area contributed by atoms with E-state index in [0.717, 1.165) is 12.1 Å². The van der Waals surface area contributed by atoms with E-state index in [4.69, 9.17) is 16.3 Å². The highest BCUT2D eigenvalue weighted by Gasteiger charge is 2.44. The number of nitrogens with zero attached hydrogens (tertiary/aromatic N) is 1. The molecule has 0 spiro atoms. The van der Waals surface area contributed by atoms with E-state index in [1.54, 1.807) is 49.4 Å². The number of ketones is 1. The van der Waals surface area contributed by atoms with E-state index in [0.29, 0.717) is 47.0 Å². The van der Waals surface area contributed by atoms with Gasteiger partial charge in [-0.15, -0.1) is 0 Å². The molecule has 192 valence electrons. The van der Waals surface area contributed by atoms with Crippen LogP contribution in [0.15, 0.2) is 78.4 Å². The molecule has 1 amide bonds. The molecule has 1 fully saturated rings. The van der Waals surface area contributed by atoms with Gasteiger partial charge in [-0.1, -0.05) is 65.9 Å². The van der Waals surface area contributed by atoms with E-state index in [9.17, 15) is 14.7 Å². The van der Waals surface area contributed by atoms with Gasteiger partial charge in [0.25, 0.3) is 5.91 Å². The maximum atomic E-state index is 13.8. The van der Waals surface area contributed by atoms with Gasteiger partial charge >= 0.3 is 0 Å². The minimum absolute atomic E-state index is 0.0226. The molecule has 0 aliphatic carbocycles. The standard InChI is InChI=1S/C30H31ClN2O4/c1-20-18-24(37-19-21-8-5-4-6-9-21)14-15-25(20)28(34)26-27(22-10-12-23(31)13-11-22)33(30(36)29(26)35)17-7-16-32(2)3/h4-6,8-15,18,27,34H,7,16-17,19H2,1-3H3. The maximum absolute atomic E-state index is 13.8. The van der Waals surface area contributed by atoms with Crippen LogP contribution in [0.1, 0.15) is 34.7 Å². The molecule has 0 radical (unpaired) electrons. The number of aryl methyl sites for hydroxylation is 1. The highest BCUT2D eigenvalue weighted by Crippen LogP contribution is 2.39. The first-order valence-electron chi connectivity index (χ1n) is 12.3. The number of quaternary nitrogens is 1. The van der Waals surface area contributed by atoms with Crippen LogP contribution in [-0.4, -0.2) is 43.8 Å². The van der Waals surface area contributed by atoms with Crippen LogP contribution >= 0.6 is 11.6 Å². The van der Waals surface area contributed by atoms with Gasteiger partial charge in [-0.05, 0) is 53.4 Å². The van der Waals surface area contributed by atoms with E-state index in [-0.39, 0.29) is 5.57 Å². The molecule has 0 saturated carbocycles. The zero-order valence-electron chi connectivity index (χ0n) is 21.3. The van der Waals surface area contributed by atoms with Gasteiger partial charge in [0, 0.05) is 23.6 Å². The molecule has 4 rings (SSSR count). The molecule has 1 atom stereocenters. The minimum atomic E-state index is -0.754. The van der Waals surface area contributed by atoms with Crippen molar-refractivity contribution in [2.75, 3.05) is 27.2 Å². The average molecular weight is 519 g/mol. The summed E-state index contributed by atoms with van der Waals surface area (Å²) < 4.78 is 5.89. The van der Waals surface area contributed by atoms with Gasteiger partial charge in [0.05, 0.1) is 26.7 Å². The molecule has 1 N–H and O–H groups in total. The summed E-state index contributed by atoms with van der Waals surface area (Å²) in [4.78, 5) is 29.1.